The SMILES string of the molecule is CCC(=O)c1ccccc1/C=C/C(=O)O. The number of hydrogen-bond acceptors (Lipinski definition) is 2. The highest BCUT2D eigenvalue weighted by Crippen LogP contribution is 2.12. The fourth-order valence-electron chi connectivity index (χ4n) is 1.25. The molecule has 0 aromatic heterocycles. The third-order valence-corrected chi connectivity index (χ3v) is 1.99. The van der Waals surface area contributed by atoms with E-state index in [0.717, 1.165) is 6.08 Å². The van der Waals surface area contributed by atoms with Gasteiger partial charge >= 0.3 is 5.97 Å². The number of rotatable bonds is 4. The maximum Gasteiger partial charge on any atom is 0.328 e. The number of ketones is 1. The van der Waals surface area contributed by atoms with Gasteiger partial charge in [-0.15, -0.1) is 0 Å². The summed E-state index contributed by atoms with van der Waals surface area (Å²) < 4.78 is 0. The number of Topliss-reactive ketones (excluding diaryl/α,β-unsaturated/α-hetero) is 1. The Morgan fingerprint density at radius 3 is 2.60 bits per heavy atom. The summed E-state index contributed by atoms with van der Waals surface area (Å²) in [6.07, 6.45) is 2.88. The Morgan fingerprint density at radius 2 is 2.00 bits per heavy atom. The number of carboxylic acid groups (broad SMARTS) is 1. The van der Waals surface area contributed by atoms with E-state index in [1.54, 1.807) is 31.2 Å². The van der Waals surface area contributed by atoms with Crippen LogP contribution in [-0.4, -0.2) is 16.9 Å². The third kappa shape index (κ3) is 3.06. The first kappa shape index (κ1) is 11.2. The van der Waals surface area contributed by atoms with Crippen LogP contribution in [0.3, 0.4) is 0 Å². The van der Waals surface area contributed by atoms with Crippen LogP contribution in [0, 0.1) is 0 Å². The summed E-state index contributed by atoms with van der Waals surface area (Å²) in [4.78, 5) is 21.8. The summed E-state index contributed by atoms with van der Waals surface area (Å²) in [6.45, 7) is 1.78. The average Bonchev–Trinajstić information content (AvgIpc) is 2.25. The van der Waals surface area contributed by atoms with Gasteiger partial charge in [-0.25, -0.2) is 4.79 Å². The van der Waals surface area contributed by atoms with Crippen molar-refractivity contribution >= 4 is 17.8 Å². The zero-order valence-electron chi connectivity index (χ0n) is 8.43. The Morgan fingerprint density at radius 1 is 1.33 bits per heavy atom. The Hall–Kier alpha value is -1.90. The Kier molecular flexibility index (Phi) is 3.80. The monoisotopic (exact) mass is 204 g/mol. The molecule has 3 heteroatoms. The second-order valence-electron chi connectivity index (χ2n) is 3.04. The van der Waals surface area contributed by atoms with E-state index in [4.69, 9.17) is 5.11 Å². The molecule has 0 spiro atoms. The molecule has 78 valence electrons. The van der Waals surface area contributed by atoms with E-state index in [1.807, 2.05) is 0 Å². The van der Waals surface area contributed by atoms with Crippen molar-refractivity contribution in [1.82, 2.24) is 0 Å². The van der Waals surface area contributed by atoms with Gasteiger partial charge in [-0.05, 0) is 11.6 Å². The number of carbonyl (C=O) groups excluding carboxylic acids is 1. The molecule has 0 atom stereocenters. The van der Waals surface area contributed by atoms with Gasteiger partial charge in [-0.3, -0.25) is 4.79 Å². The molecule has 0 saturated heterocycles. The molecular weight excluding hydrogens is 192 g/mol. The lowest BCUT2D eigenvalue weighted by Crippen LogP contribution is -1.99. The van der Waals surface area contributed by atoms with Crippen molar-refractivity contribution in [3.8, 4) is 0 Å². The third-order valence-electron chi connectivity index (χ3n) is 1.99. The van der Waals surface area contributed by atoms with E-state index in [0.29, 0.717) is 17.5 Å². The summed E-state index contributed by atoms with van der Waals surface area (Å²) in [5, 5.41) is 8.49. The lowest BCUT2D eigenvalue weighted by atomic mass is 10.0. The van der Waals surface area contributed by atoms with Crippen molar-refractivity contribution < 1.29 is 14.7 Å². The van der Waals surface area contributed by atoms with Crippen LogP contribution in [0.25, 0.3) is 6.08 Å². The van der Waals surface area contributed by atoms with Gasteiger partial charge in [0.15, 0.2) is 5.78 Å². The molecule has 1 aromatic rings. The molecule has 0 bridgehead atoms. The van der Waals surface area contributed by atoms with Gasteiger partial charge < -0.3 is 5.11 Å². The van der Waals surface area contributed by atoms with E-state index in [2.05, 4.69) is 0 Å². The lowest BCUT2D eigenvalue weighted by Gasteiger charge is -2.02. The molecule has 0 amide bonds. The van der Waals surface area contributed by atoms with Crippen molar-refractivity contribution in [3.05, 3.63) is 41.5 Å². The molecule has 0 unspecified atom stereocenters. The average molecular weight is 204 g/mol. The first-order valence-electron chi connectivity index (χ1n) is 4.68. The number of carbonyl (C=O) groups is 2. The minimum absolute atomic E-state index is 0.0145. The van der Waals surface area contributed by atoms with E-state index < -0.39 is 5.97 Å². The van der Waals surface area contributed by atoms with Crippen molar-refractivity contribution in [2.45, 2.75) is 13.3 Å². The molecule has 3 nitrogen and oxygen atoms in total. The van der Waals surface area contributed by atoms with Crippen molar-refractivity contribution in [1.29, 1.82) is 0 Å². The highest BCUT2D eigenvalue weighted by Gasteiger charge is 2.06. The van der Waals surface area contributed by atoms with Gasteiger partial charge in [0, 0.05) is 18.1 Å². The zero-order chi connectivity index (χ0) is 11.3. The largest absolute Gasteiger partial charge is 0.478 e. The van der Waals surface area contributed by atoms with Crippen LogP contribution in [0.1, 0.15) is 29.3 Å². The van der Waals surface area contributed by atoms with Crippen LogP contribution in [0.2, 0.25) is 0 Å². The Balaban J connectivity index is 3.06. The first-order chi connectivity index (χ1) is 7.15. The van der Waals surface area contributed by atoms with Crippen LogP contribution >= 0.6 is 0 Å². The van der Waals surface area contributed by atoms with Crippen molar-refractivity contribution in [2.75, 3.05) is 0 Å². The van der Waals surface area contributed by atoms with E-state index in [-0.39, 0.29) is 5.78 Å². The number of carboxylic acids is 1. The molecule has 0 aliphatic heterocycles. The molecule has 1 aromatic carbocycles. The topological polar surface area (TPSA) is 54.4 Å². The van der Waals surface area contributed by atoms with Crippen molar-refractivity contribution in [3.63, 3.8) is 0 Å². The van der Waals surface area contributed by atoms with E-state index >= 15 is 0 Å². The summed E-state index contributed by atoms with van der Waals surface area (Å²) in [6, 6.07) is 6.96. The lowest BCUT2D eigenvalue weighted by molar-refractivity contribution is -0.131. The molecule has 0 aliphatic carbocycles. The minimum Gasteiger partial charge on any atom is -0.478 e. The molecule has 0 heterocycles. The molecule has 0 fully saturated rings. The van der Waals surface area contributed by atoms with E-state index in [1.165, 1.54) is 6.08 Å². The number of hydrogen-bond donors (Lipinski definition) is 1. The normalized spacial score (nSPS) is 10.5. The van der Waals surface area contributed by atoms with Gasteiger partial charge in [0.25, 0.3) is 0 Å². The zero-order valence-corrected chi connectivity index (χ0v) is 8.43. The standard InChI is InChI=1S/C12H12O3/c1-2-11(13)10-6-4-3-5-9(10)7-8-12(14)15/h3-8H,2H2,1H3,(H,14,15)/b8-7+. The second-order valence-corrected chi connectivity index (χ2v) is 3.04. The van der Waals surface area contributed by atoms with Gasteiger partial charge in [0.1, 0.15) is 0 Å². The molecule has 15 heavy (non-hydrogen) atoms. The minimum atomic E-state index is -1.02. The van der Waals surface area contributed by atoms with Gasteiger partial charge in [-0.1, -0.05) is 31.2 Å². The second kappa shape index (κ2) is 5.10. The van der Waals surface area contributed by atoms with Crippen LogP contribution in [0.4, 0.5) is 0 Å². The van der Waals surface area contributed by atoms with Crippen molar-refractivity contribution in [2.24, 2.45) is 0 Å². The van der Waals surface area contributed by atoms with Gasteiger partial charge in [-0.2, -0.15) is 0 Å². The maximum atomic E-state index is 11.5. The molecule has 0 aliphatic rings. The quantitative estimate of drug-likeness (QED) is 0.605. The molecule has 1 rings (SSSR count). The predicted molar refractivity (Wildman–Crippen MR) is 57.7 cm³/mol. The summed E-state index contributed by atoms with van der Waals surface area (Å²) in [7, 11) is 0. The summed E-state index contributed by atoms with van der Waals surface area (Å²) >= 11 is 0. The van der Waals surface area contributed by atoms with Crippen LogP contribution < -0.4 is 0 Å². The Bertz CT molecular complexity index is 405. The molecule has 0 saturated carbocycles. The predicted octanol–water partition coefficient (Wildman–Crippen LogP) is 2.38. The highest BCUT2D eigenvalue weighted by atomic mass is 16.4. The number of aliphatic carboxylic acids is 1. The number of benzene rings is 1. The van der Waals surface area contributed by atoms with Crippen LogP contribution in [-0.2, 0) is 4.79 Å². The van der Waals surface area contributed by atoms with Gasteiger partial charge in [0.05, 0.1) is 0 Å². The smallest absolute Gasteiger partial charge is 0.328 e. The summed E-state index contributed by atoms with van der Waals surface area (Å²) in [5.41, 5.74) is 1.21. The fraction of sp³-hybridized carbons (Fsp3) is 0.167. The Labute approximate surface area is 88.0 Å². The van der Waals surface area contributed by atoms with Crippen LogP contribution in [0.15, 0.2) is 30.3 Å². The van der Waals surface area contributed by atoms with Crippen LogP contribution in [0.5, 0.6) is 0 Å². The summed E-state index contributed by atoms with van der Waals surface area (Å²) in [5.74, 6) is -1.01. The maximum absolute atomic E-state index is 11.5. The molecule has 0 radical (unpaired) electrons. The van der Waals surface area contributed by atoms with E-state index in [9.17, 15) is 9.59 Å². The highest BCUT2D eigenvalue weighted by molar-refractivity contribution is 6.00. The fourth-order valence-corrected chi connectivity index (χ4v) is 1.25. The molecule has 1 N–H and O–H groups in total. The van der Waals surface area contributed by atoms with Gasteiger partial charge in [0.2, 0.25) is 0 Å². The molecular formula is C12H12O3. The first-order valence-corrected chi connectivity index (χ1v) is 4.68.